The largest absolute Gasteiger partial charge is 0.481 e. The first-order valence-electron chi connectivity index (χ1n) is 9.38. The maximum absolute atomic E-state index is 12.8. The molecule has 1 heterocycles. The van der Waals surface area contributed by atoms with Crippen molar-refractivity contribution in [2.75, 3.05) is 5.32 Å². The van der Waals surface area contributed by atoms with Crippen molar-refractivity contribution in [2.45, 2.75) is 39.0 Å². The van der Waals surface area contributed by atoms with Gasteiger partial charge in [-0.15, -0.1) is 11.3 Å². The topological polar surface area (TPSA) is 109 Å². The maximum Gasteiger partial charge on any atom is 0.307 e. The molecular weight excluding hydrogens is 376 g/mol. The number of primary amides is 1. The first kappa shape index (κ1) is 20.1. The number of carbonyl (C=O) groups excluding carboxylic acids is 2. The van der Waals surface area contributed by atoms with E-state index < -0.39 is 23.7 Å². The van der Waals surface area contributed by atoms with Crippen molar-refractivity contribution >= 4 is 34.1 Å². The van der Waals surface area contributed by atoms with Gasteiger partial charge in [0.2, 0.25) is 5.91 Å². The molecule has 0 saturated heterocycles. The number of anilines is 1. The Balaban J connectivity index is 1.86. The molecule has 1 saturated carbocycles. The predicted molar refractivity (Wildman–Crippen MR) is 109 cm³/mol. The van der Waals surface area contributed by atoms with Gasteiger partial charge in [-0.3, -0.25) is 14.4 Å². The molecule has 0 bridgehead atoms. The number of carboxylic acid groups (broad SMARTS) is 1. The summed E-state index contributed by atoms with van der Waals surface area (Å²) in [6.45, 7) is 1.82. The zero-order valence-electron chi connectivity index (χ0n) is 15.7. The van der Waals surface area contributed by atoms with Gasteiger partial charge in [-0.2, -0.15) is 0 Å². The van der Waals surface area contributed by atoms with Gasteiger partial charge in [-0.05, 0) is 30.9 Å². The molecule has 4 N–H and O–H groups in total. The Hall–Kier alpha value is -2.67. The fraction of sp³-hybridized carbons (Fsp3) is 0.381. The third kappa shape index (κ3) is 4.25. The number of thiophene rings is 1. The molecule has 148 valence electrons. The van der Waals surface area contributed by atoms with Gasteiger partial charge in [0.05, 0.1) is 17.4 Å². The number of carboxylic acids is 1. The van der Waals surface area contributed by atoms with E-state index in [1.54, 1.807) is 0 Å². The summed E-state index contributed by atoms with van der Waals surface area (Å²) in [5.74, 6) is -3.16. The molecule has 1 aromatic carbocycles. The molecule has 1 fully saturated rings. The molecule has 2 atom stereocenters. The fourth-order valence-corrected chi connectivity index (χ4v) is 5.09. The minimum absolute atomic E-state index is 0.312. The third-order valence-electron chi connectivity index (χ3n) is 5.36. The summed E-state index contributed by atoms with van der Waals surface area (Å²) in [5.41, 5.74) is 7.74. The van der Waals surface area contributed by atoms with E-state index in [1.807, 2.05) is 37.3 Å². The second kappa shape index (κ2) is 8.56. The number of hydrogen-bond acceptors (Lipinski definition) is 4. The van der Waals surface area contributed by atoms with Crippen LogP contribution in [-0.4, -0.2) is 22.9 Å². The van der Waals surface area contributed by atoms with Gasteiger partial charge < -0.3 is 16.2 Å². The minimum atomic E-state index is -0.942. The van der Waals surface area contributed by atoms with Crippen LogP contribution in [0.1, 0.15) is 52.0 Å². The van der Waals surface area contributed by atoms with Crippen molar-refractivity contribution in [3.8, 4) is 0 Å². The highest BCUT2D eigenvalue weighted by molar-refractivity contribution is 7.17. The van der Waals surface area contributed by atoms with E-state index in [2.05, 4.69) is 5.32 Å². The Kier molecular flexibility index (Phi) is 6.14. The lowest BCUT2D eigenvalue weighted by atomic mass is 9.79. The lowest BCUT2D eigenvalue weighted by Gasteiger charge is -2.27. The lowest BCUT2D eigenvalue weighted by molar-refractivity contribution is -0.147. The van der Waals surface area contributed by atoms with Crippen molar-refractivity contribution in [3.63, 3.8) is 0 Å². The van der Waals surface area contributed by atoms with Crippen LogP contribution in [0.15, 0.2) is 30.3 Å². The van der Waals surface area contributed by atoms with E-state index in [4.69, 9.17) is 5.73 Å². The van der Waals surface area contributed by atoms with Gasteiger partial charge in [-0.25, -0.2) is 0 Å². The van der Waals surface area contributed by atoms with Gasteiger partial charge >= 0.3 is 5.97 Å². The zero-order valence-corrected chi connectivity index (χ0v) is 16.6. The quantitative estimate of drug-likeness (QED) is 0.688. The molecule has 2 amide bonds. The van der Waals surface area contributed by atoms with Crippen molar-refractivity contribution in [3.05, 3.63) is 51.9 Å². The van der Waals surface area contributed by atoms with Crippen molar-refractivity contribution in [1.82, 2.24) is 0 Å². The normalized spacial score (nSPS) is 19.2. The average Bonchev–Trinajstić information content (AvgIpc) is 2.97. The van der Waals surface area contributed by atoms with Gasteiger partial charge in [0, 0.05) is 11.3 Å². The summed E-state index contributed by atoms with van der Waals surface area (Å²) < 4.78 is 0. The second-order valence-corrected chi connectivity index (χ2v) is 8.31. The van der Waals surface area contributed by atoms with Crippen LogP contribution in [0.4, 0.5) is 5.00 Å². The van der Waals surface area contributed by atoms with Crippen LogP contribution in [-0.2, 0) is 16.0 Å². The summed E-state index contributed by atoms with van der Waals surface area (Å²) in [5, 5.41) is 12.6. The van der Waals surface area contributed by atoms with E-state index in [9.17, 15) is 19.5 Å². The van der Waals surface area contributed by atoms with Crippen LogP contribution >= 0.6 is 11.3 Å². The summed E-state index contributed by atoms with van der Waals surface area (Å²) in [6.07, 6.45) is 3.31. The third-order valence-corrected chi connectivity index (χ3v) is 6.56. The second-order valence-electron chi connectivity index (χ2n) is 7.21. The Bertz CT molecular complexity index is 891. The maximum atomic E-state index is 12.8. The molecule has 0 spiro atoms. The number of carbonyl (C=O) groups is 3. The monoisotopic (exact) mass is 400 g/mol. The van der Waals surface area contributed by atoms with Gasteiger partial charge in [0.15, 0.2) is 0 Å². The van der Waals surface area contributed by atoms with Crippen LogP contribution in [0.2, 0.25) is 0 Å². The Morgan fingerprint density at radius 2 is 1.79 bits per heavy atom. The first-order valence-corrected chi connectivity index (χ1v) is 10.2. The highest BCUT2D eigenvalue weighted by atomic mass is 32.1. The minimum Gasteiger partial charge on any atom is -0.481 e. The molecule has 3 rings (SSSR count). The highest BCUT2D eigenvalue weighted by Gasteiger charge is 2.36. The number of nitrogens with two attached hydrogens (primary N) is 1. The van der Waals surface area contributed by atoms with Gasteiger partial charge in [-0.1, -0.05) is 43.2 Å². The Labute approximate surface area is 167 Å². The molecule has 0 aliphatic heterocycles. The van der Waals surface area contributed by atoms with E-state index in [1.165, 1.54) is 11.3 Å². The Morgan fingerprint density at radius 3 is 2.39 bits per heavy atom. The highest BCUT2D eigenvalue weighted by Crippen LogP contribution is 2.36. The van der Waals surface area contributed by atoms with Crippen LogP contribution in [0.5, 0.6) is 0 Å². The molecule has 1 aliphatic rings. The lowest BCUT2D eigenvalue weighted by Crippen LogP contribution is -2.36. The van der Waals surface area contributed by atoms with Crippen LogP contribution in [0, 0.1) is 18.8 Å². The van der Waals surface area contributed by atoms with Gasteiger partial charge in [0.25, 0.3) is 5.91 Å². The smallest absolute Gasteiger partial charge is 0.307 e. The van der Waals surface area contributed by atoms with E-state index in [0.29, 0.717) is 29.8 Å². The van der Waals surface area contributed by atoms with Crippen LogP contribution in [0.25, 0.3) is 0 Å². The average molecular weight is 401 g/mol. The zero-order chi connectivity index (χ0) is 20.3. The summed E-state index contributed by atoms with van der Waals surface area (Å²) in [7, 11) is 0. The Morgan fingerprint density at radius 1 is 1.14 bits per heavy atom. The first-order chi connectivity index (χ1) is 13.4. The molecule has 28 heavy (non-hydrogen) atoms. The molecule has 2 aromatic rings. The van der Waals surface area contributed by atoms with Crippen molar-refractivity contribution < 1.29 is 19.5 Å². The molecule has 7 heteroatoms. The summed E-state index contributed by atoms with van der Waals surface area (Å²) in [6, 6.07) is 9.84. The number of amides is 2. The SMILES string of the molecule is Cc1c(Cc2ccccc2)sc(NC(=O)[C@@H]2CCCC[C@H]2C(=O)O)c1C(N)=O. The predicted octanol–water partition coefficient (Wildman–Crippen LogP) is 3.58. The molecule has 1 aliphatic carbocycles. The van der Waals surface area contributed by atoms with E-state index in [0.717, 1.165) is 28.8 Å². The number of nitrogens with one attached hydrogen (secondary N) is 1. The van der Waals surface area contributed by atoms with E-state index >= 15 is 0 Å². The molecular formula is C21H24N2O4S. The molecule has 1 aromatic heterocycles. The van der Waals surface area contributed by atoms with Crippen LogP contribution < -0.4 is 11.1 Å². The van der Waals surface area contributed by atoms with Crippen LogP contribution in [0.3, 0.4) is 0 Å². The number of benzene rings is 1. The molecule has 6 nitrogen and oxygen atoms in total. The molecule has 0 unspecified atom stereocenters. The fourth-order valence-electron chi connectivity index (χ4n) is 3.84. The van der Waals surface area contributed by atoms with E-state index in [-0.39, 0.29) is 5.91 Å². The number of aliphatic carboxylic acids is 1. The van der Waals surface area contributed by atoms with Crippen molar-refractivity contribution in [1.29, 1.82) is 0 Å². The number of rotatable bonds is 6. The molecule has 0 radical (unpaired) electrons. The summed E-state index contributed by atoms with van der Waals surface area (Å²) in [4.78, 5) is 37.3. The summed E-state index contributed by atoms with van der Waals surface area (Å²) >= 11 is 1.33. The van der Waals surface area contributed by atoms with Gasteiger partial charge in [0.1, 0.15) is 5.00 Å². The van der Waals surface area contributed by atoms with Crippen molar-refractivity contribution in [2.24, 2.45) is 17.6 Å². The standard InChI is InChI=1S/C21H24N2O4S/c1-12-16(11-13-7-3-2-4-8-13)28-20(17(12)18(22)24)23-19(25)14-9-5-6-10-15(14)21(26)27/h2-4,7-8,14-15H,5-6,9-11H2,1H3,(H2,22,24)(H,23,25)(H,26,27)/t14-,15-/m1/s1. The number of hydrogen-bond donors (Lipinski definition) is 3.